The summed E-state index contributed by atoms with van der Waals surface area (Å²) in [5.41, 5.74) is 1.63. The fourth-order valence-corrected chi connectivity index (χ4v) is 3.99. The van der Waals surface area contributed by atoms with Crippen molar-refractivity contribution in [2.24, 2.45) is 4.99 Å². The van der Waals surface area contributed by atoms with E-state index in [0.29, 0.717) is 39.7 Å². The first kappa shape index (κ1) is 21.3. The van der Waals surface area contributed by atoms with Gasteiger partial charge in [0.25, 0.3) is 5.91 Å². The molecule has 0 aliphatic carbocycles. The molecule has 152 valence electrons. The summed E-state index contributed by atoms with van der Waals surface area (Å²) in [5, 5.41) is 1.32. The molecule has 0 saturated carbocycles. The van der Waals surface area contributed by atoms with Gasteiger partial charge >= 0.3 is 0 Å². The van der Waals surface area contributed by atoms with E-state index >= 15 is 0 Å². The number of amides is 1. The quantitative estimate of drug-likeness (QED) is 0.524. The van der Waals surface area contributed by atoms with Crippen molar-refractivity contribution in [3.8, 4) is 11.5 Å². The zero-order chi connectivity index (χ0) is 20.8. The SMILES string of the molecule is CCCN1C(=O)/C(=C/c2ccc(OCC)c(OC)c2)SC1=Nc1ccc(Cl)cc1. The molecular weight excluding hydrogens is 408 g/mol. The van der Waals surface area contributed by atoms with E-state index in [2.05, 4.69) is 4.99 Å². The van der Waals surface area contributed by atoms with Gasteiger partial charge in [-0.15, -0.1) is 0 Å². The maximum Gasteiger partial charge on any atom is 0.266 e. The number of halogens is 1. The lowest BCUT2D eigenvalue weighted by Crippen LogP contribution is -2.29. The minimum absolute atomic E-state index is 0.0441. The lowest BCUT2D eigenvalue weighted by molar-refractivity contribution is -0.122. The van der Waals surface area contributed by atoms with Crippen LogP contribution in [-0.4, -0.2) is 36.2 Å². The molecule has 1 amide bonds. The fourth-order valence-electron chi connectivity index (χ4n) is 2.84. The molecule has 2 aromatic carbocycles. The molecular formula is C22H23ClN2O3S. The maximum atomic E-state index is 13.0. The molecule has 7 heteroatoms. The third kappa shape index (κ3) is 5.14. The van der Waals surface area contributed by atoms with Crippen molar-refractivity contribution in [3.05, 3.63) is 58.0 Å². The Kier molecular flexibility index (Phi) is 7.23. The number of hydrogen-bond donors (Lipinski definition) is 0. The van der Waals surface area contributed by atoms with Gasteiger partial charge in [-0.2, -0.15) is 0 Å². The van der Waals surface area contributed by atoms with Crippen molar-refractivity contribution in [1.82, 2.24) is 4.90 Å². The molecule has 2 aromatic rings. The number of carbonyl (C=O) groups is 1. The molecule has 1 fully saturated rings. The highest BCUT2D eigenvalue weighted by Crippen LogP contribution is 2.36. The zero-order valence-electron chi connectivity index (χ0n) is 16.6. The number of ether oxygens (including phenoxy) is 2. The van der Waals surface area contributed by atoms with E-state index in [1.54, 1.807) is 24.1 Å². The highest BCUT2D eigenvalue weighted by molar-refractivity contribution is 8.18. The Morgan fingerprint density at radius 1 is 1.14 bits per heavy atom. The summed E-state index contributed by atoms with van der Waals surface area (Å²) < 4.78 is 11.0. The molecule has 3 rings (SSSR count). The summed E-state index contributed by atoms with van der Waals surface area (Å²) in [6.45, 7) is 5.13. The predicted molar refractivity (Wildman–Crippen MR) is 120 cm³/mol. The monoisotopic (exact) mass is 430 g/mol. The molecule has 0 N–H and O–H groups in total. The van der Waals surface area contributed by atoms with Crippen LogP contribution in [-0.2, 0) is 4.79 Å². The molecule has 1 aliphatic rings. The third-order valence-electron chi connectivity index (χ3n) is 4.17. The summed E-state index contributed by atoms with van der Waals surface area (Å²) in [5.74, 6) is 1.27. The second kappa shape index (κ2) is 9.85. The summed E-state index contributed by atoms with van der Waals surface area (Å²) in [6.07, 6.45) is 2.70. The van der Waals surface area contributed by atoms with Gasteiger partial charge in [-0.05, 0) is 73.1 Å². The van der Waals surface area contributed by atoms with Crippen LogP contribution < -0.4 is 9.47 Å². The average molecular weight is 431 g/mol. The summed E-state index contributed by atoms with van der Waals surface area (Å²) >= 11 is 7.32. The number of thioether (sulfide) groups is 1. The van der Waals surface area contributed by atoms with E-state index in [1.165, 1.54) is 11.8 Å². The number of rotatable bonds is 7. The summed E-state index contributed by atoms with van der Waals surface area (Å²) in [4.78, 5) is 20.0. The van der Waals surface area contributed by atoms with Crippen LogP contribution in [0.5, 0.6) is 11.5 Å². The highest BCUT2D eigenvalue weighted by Gasteiger charge is 2.32. The first-order chi connectivity index (χ1) is 14.0. The lowest BCUT2D eigenvalue weighted by atomic mass is 10.2. The molecule has 0 bridgehead atoms. The third-order valence-corrected chi connectivity index (χ3v) is 5.43. The van der Waals surface area contributed by atoms with E-state index in [-0.39, 0.29) is 5.91 Å². The highest BCUT2D eigenvalue weighted by atomic mass is 35.5. The molecule has 5 nitrogen and oxygen atoms in total. The maximum absolute atomic E-state index is 13.0. The molecule has 1 heterocycles. The van der Waals surface area contributed by atoms with Crippen molar-refractivity contribution in [2.45, 2.75) is 20.3 Å². The van der Waals surface area contributed by atoms with Crippen LogP contribution >= 0.6 is 23.4 Å². The number of nitrogens with zero attached hydrogens (tertiary/aromatic N) is 2. The van der Waals surface area contributed by atoms with Crippen LogP contribution in [0.3, 0.4) is 0 Å². The summed E-state index contributed by atoms with van der Waals surface area (Å²) in [7, 11) is 1.60. The van der Waals surface area contributed by atoms with Crippen molar-refractivity contribution in [1.29, 1.82) is 0 Å². The Hall–Kier alpha value is -2.44. The predicted octanol–water partition coefficient (Wildman–Crippen LogP) is 5.76. The number of methoxy groups -OCH3 is 1. The fraction of sp³-hybridized carbons (Fsp3) is 0.273. The average Bonchev–Trinajstić information content (AvgIpc) is 3.00. The number of aliphatic imine (C=N–C) groups is 1. The number of hydrogen-bond acceptors (Lipinski definition) is 5. The van der Waals surface area contributed by atoms with Gasteiger partial charge in [-0.1, -0.05) is 24.6 Å². The largest absolute Gasteiger partial charge is 0.493 e. The van der Waals surface area contributed by atoms with Gasteiger partial charge in [-0.25, -0.2) is 4.99 Å². The van der Waals surface area contributed by atoms with Gasteiger partial charge < -0.3 is 9.47 Å². The van der Waals surface area contributed by atoms with Gasteiger partial charge in [0, 0.05) is 11.6 Å². The second-order valence-electron chi connectivity index (χ2n) is 6.28. The second-order valence-corrected chi connectivity index (χ2v) is 7.73. The first-order valence-corrected chi connectivity index (χ1v) is 10.6. The minimum Gasteiger partial charge on any atom is -0.493 e. The minimum atomic E-state index is -0.0441. The van der Waals surface area contributed by atoms with E-state index < -0.39 is 0 Å². The van der Waals surface area contributed by atoms with Crippen LogP contribution in [0.4, 0.5) is 5.69 Å². The Morgan fingerprint density at radius 2 is 1.90 bits per heavy atom. The lowest BCUT2D eigenvalue weighted by Gasteiger charge is -2.14. The van der Waals surface area contributed by atoms with Crippen LogP contribution in [0.25, 0.3) is 6.08 Å². The van der Waals surface area contributed by atoms with Crippen LogP contribution in [0.15, 0.2) is 52.4 Å². The standard InChI is InChI=1S/C22H23ClN2O3S/c1-4-12-25-21(26)20(29-22(25)24-17-9-7-16(23)8-10-17)14-15-6-11-18(28-5-2)19(13-15)27-3/h6-11,13-14H,4-5,12H2,1-3H3/b20-14-,24-22?. The zero-order valence-corrected chi connectivity index (χ0v) is 18.2. The van der Waals surface area contributed by atoms with Gasteiger partial charge in [0.05, 0.1) is 24.3 Å². The Bertz CT molecular complexity index is 942. The van der Waals surface area contributed by atoms with Crippen molar-refractivity contribution in [2.75, 3.05) is 20.3 Å². The first-order valence-electron chi connectivity index (χ1n) is 9.42. The van der Waals surface area contributed by atoms with Crippen LogP contribution in [0, 0.1) is 0 Å². The Balaban J connectivity index is 1.91. The molecule has 1 saturated heterocycles. The Labute approximate surface area is 180 Å². The van der Waals surface area contributed by atoms with Crippen LogP contribution in [0.2, 0.25) is 5.02 Å². The Morgan fingerprint density at radius 3 is 2.55 bits per heavy atom. The van der Waals surface area contributed by atoms with E-state index in [9.17, 15) is 4.79 Å². The molecule has 0 radical (unpaired) electrons. The molecule has 0 spiro atoms. The van der Waals surface area contributed by atoms with Crippen LogP contribution in [0.1, 0.15) is 25.8 Å². The van der Waals surface area contributed by atoms with Gasteiger partial charge in [0.15, 0.2) is 16.7 Å². The molecule has 0 unspecified atom stereocenters. The van der Waals surface area contributed by atoms with Gasteiger partial charge in [0.2, 0.25) is 0 Å². The number of benzene rings is 2. The smallest absolute Gasteiger partial charge is 0.266 e. The van der Waals surface area contributed by atoms with E-state index in [4.69, 9.17) is 21.1 Å². The van der Waals surface area contributed by atoms with Crippen molar-refractivity contribution >= 4 is 46.2 Å². The summed E-state index contributed by atoms with van der Waals surface area (Å²) in [6, 6.07) is 12.9. The van der Waals surface area contributed by atoms with Crippen molar-refractivity contribution in [3.63, 3.8) is 0 Å². The van der Waals surface area contributed by atoms with E-state index in [1.807, 2.05) is 50.3 Å². The topological polar surface area (TPSA) is 51.1 Å². The normalized spacial score (nSPS) is 16.7. The molecule has 0 atom stereocenters. The molecule has 1 aliphatic heterocycles. The molecule has 29 heavy (non-hydrogen) atoms. The van der Waals surface area contributed by atoms with E-state index in [0.717, 1.165) is 17.7 Å². The van der Waals surface area contributed by atoms with Gasteiger partial charge in [-0.3, -0.25) is 9.69 Å². The van der Waals surface area contributed by atoms with Crippen molar-refractivity contribution < 1.29 is 14.3 Å². The number of amidine groups is 1. The number of carbonyl (C=O) groups excluding carboxylic acids is 1. The molecule has 0 aromatic heterocycles. The van der Waals surface area contributed by atoms with Gasteiger partial charge in [0.1, 0.15) is 0 Å².